The second kappa shape index (κ2) is 3.24. The van der Waals surface area contributed by atoms with Crippen molar-refractivity contribution in [2.45, 2.75) is 6.42 Å². The second-order valence-corrected chi connectivity index (χ2v) is 3.28. The minimum Gasteiger partial charge on any atom is -0.383 e. The summed E-state index contributed by atoms with van der Waals surface area (Å²) >= 11 is 1.77. The summed E-state index contributed by atoms with van der Waals surface area (Å²) in [6.07, 6.45) is 1.06. The van der Waals surface area contributed by atoms with Gasteiger partial charge in [-0.1, -0.05) is 0 Å². The van der Waals surface area contributed by atoms with Crippen LogP contribution in [0.1, 0.15) is 10.4 Å². The minimum absolute atomic E-state index is 0. The van der Waals surface area contributed by atoms with Gasteiger partial charge in [0.25, 0.3) is 0 Å². The maximum atomic E-state index is 5.65. The summed E-state index contributed by atoms with van der Waals surface area (Å²) in [4.78, 5) is 5.53. The minimum atomic E-state index is 0. The zero-order valence-corrected chi connectivity index (χ0v) is 7.54. The number of nitrogens with two attached hydrogens (primary N) is 1. The molecule has 2 rings (SSSR count). The molecule has 60 valence electrons. The summed E-state index contributed by atoms with van der Waals surface area (Å²) in [5.41, 5.74) is 6.80. The highest BCUT2D eigenvalue weighted by atomic mass is 35.5. The molecule has 2 nitrogen and oxygen atoms in total. The van der Waals surface area contributed by atoms with Crippen molar-refractivity contribution in [3.8, 4) is 0 Å². The lowest BCUT2D eigenvalue weighted by atomic mass is 10.1. The monoisotopic (exact) mass is 188 g/mol. The molecule has 1 aliphatic rings. The molecular formula is C7H9ClN2S. The van der Waals surface area contributed by atoms with Crippen molar-refractivity contribution >= 4 is 29.6 Å². The molecule has 1 aliphatic heterocycles. The third kappa shape index (κ3) is 1.39. The lowest BCUT2D eigenvalue weighted by Gasteiger charge is -2.07. The lowest BCUT2D eigenvalue weighted by Crippen LogP contribution is -2.18. The molecule has 0 unspecified atom stereocenters. The van der Waals surface area contributed by atoms with E-state index >= 15 is 0 Å². The third-order valence-corrected chi connectivity index (χ3v) is 2.62. The predicted molar refractivity (Wildman–Crippen MR) is 50.9 cm³/mol. The van der Waals surface area contributed by atoms with Crippen LogP contribution in [0.25, 0.3) is 0 Å². The number of fused-ring (bicyclic) bond motifs is 1. The number of nitrogens with zero attached hydrogens (tertiary/aromatic N) is 1. The number of hydrogen-bond acceptors (Lipinski definition) is 3. The van der Waals surface area contributed by atoms with Crippen LogP contribution in [-0.4, -0.2) is 12.4 Å². The molecule has 0 radical (unpaired) electrons. The van der Waals surface area contributed by atoms with E-state index in [1.54, 1.807) is 11.3 Å². The van der Waals surface area contributed by atoms with Crippen LogP contribution in [0.15, 0.2) is 16.4 Å². The van der Waals surface area contributed by atoms with Gasteiger partial charge < -0.3 is 5.73 Å². The van der Waals surface area contributed by atoms with Gasteiger partial charge in [0.05, 0.1) is 0 Å². The van der Waals surface area contributed by atoms with Crippen molar-refractivity contribution in [1.29, 1.82) is 0 Å². The molecule has 1 aromatic rings. The van der Waals surface area contributed by atoms with Crippen molar-refractivity contribution in [2.75, 3.05) is 6.54 Å². The van der Waals surface area contributed by atoms with Crippen LogP contribution in [-0.2, 0) is 6.42 Å². The first-order chi connectivity index (χ1) is 4.88. The maximum Gasteiger partial charge on any atom is 0.126 e. The van der Waals surface area contributed by atoms with E-state index in [0.29, 0.717) is 5.84 Å². The van der Waals surface area contributed by atoms with Gasteiger partial charge in [0.15, 0.2) is 0 Å². The molecule has 0 saturated heterocycles. The van der Waals surface area contributed by atoms with Gasteiger partial charge in [0.1, 0.15) is 5.84 Å². The fraction of sp³-hybridized carbons (Fsp3) is 0.286. The molecular weight excluding hydrogens is 180 g/mol. The van der Waals surface area contributed by atoms with Crippen LogP contribution in [0.5, 0.6) is 0 Å². The summed E-state index contributed by atoms with van der Waals surface area (Å²) in [5, 5.41) is 2.07. The van der Waals surface area contributed by atoms with Crippen LogP contribution < -0.4 is 5.73 Å². The van der Waals surface area contributed by atoms with Crippen molar-refractivity contribution in [3.63, 3.8) is 0 Å². The van der Waals surface area contributed by atoms with Gasteiger partial charge in [-0.25, -0.2) is 0 Å². The van der Waals surface area contributed by atoms with Crippen molar-refractivity contribution in [2.24, 2.45) is 10.7 Å². The molecule has 0 bridgehead atoms. The SMILES string of the molecule is Cl.NC1=NCCc2sccc21. The first-order valence-corrected chi connectivity index (χ1v) is 4.12. The van der Waals surface area contributed by atoms with Gasteiger partial charge in [-0.05, 0) is 11.4 Å². The fourth-order valence-corrected chi connectivity index (χ4v) is 2.00. The number of hydrogen-bond donors (Lipinski definition) is 1. The van der Waals surface area contributed by atoms with Gasteiger partial charge in [-0.2, -0.15) is 0 Å². The van der Waals surface area contributed by atoms with Crippen LogP contribution in [0.3, 0.4) is 0 Å². The highest BCUT2D eigenvalue weighted by Crippen LogP contribution is 2.19. The van der Waals surface area contributed by atoms with Gasteiger partial charge in [0.2, 0.25) is 0 Å². The summed E-state index contributed by atoms with van der Waals surface area (Å²) in [5.74, 6) is 0.711. The molecule has 0 amide bonds. The van der Waals surface area contributed by atoms with E-state index in [9.17, 15) is 0 Å². The van der Waals surface area contributed by atoms with E-state index in [0.717, 1.165) is 18.5 Å². The number of thiophene rings is 1. The Morgan fingerprint density at radius 1 is 1.55 bits per heavy atom. The zero-order valence-electron chi connectivity index (χ0n) is 5.91. The van der Waals surface area contributed by atoms with E-state index in [1.165, 1.54) is 4.88 Å². The van der Waals surface area contributed by atoms with Crippen molar-refractivity contribution in [3.05, 3.63) is 21.9 Å². The molecule has 4 heteroatoms. The molecule has 0 fully saturated rings. The Kier molecular flexibility index (Phi) is 2.52. The fourth-order valence-electron chi connectivity index (χ4n) is 1.13. The normalized spacial score (nSPS) is 14.7. The summed E-state index contributed by atoms with van der Waals surface area (Å²) in [6, 6.07) is 2.04. The predicted octanol–water partition coefficient (Wildman–Crippen LogP) is 1.43. The average Bonchev–Trinajstić information content (AvgIpc) is 2.36. The Morgan fingerprint density at radius 3 is 3.09 bits per heavy atom. The highest BCUT2D eigenvalue weighted by Gasteiger charge is 2.10. The van der Waals surface area contributed by atoms with E-state index in [-0.39, 0.29) is 12.4 Å². The largest absolute Gasteiger partial charge is 0.383 e. The van der Waals surface area contributed by atoms with Crippen LogP contribution in [0.4, 0.5) is 0 Å². The Bertz CT molecular complexity index is 280. The standard InChI is InChI=1S/C7H8N2S.ClH/c8-7-5-2-4-10-6(5)1-3-9-7;/h2,4H,1,3H2,(H2,8,9);1H. The molecule has 0 atom stereocenters. The second-order valence-electron chi connectivity index (χ2n) is 2.27. The highest BCUT2D eigenvalue weighted by molar-refractivity contribution is 7.10. The number of rotatable bonds is 0. The van der Waals surface area contributed by atoms with Crippen LogP contribution in [0, 0.1) is 0 Å². The number of aliphatic imine (C=N–C) groups is 1. The Labute approximate surface area is 75.5 Å². The lowest BCUT2D eigenvalue weighted by molar-refractivity contribution is 0.960. The molecule has 2 heterocycles. The molecule has 0 aliphatic carbocycles. The zero-order chi connectivity index (χ0) is 6.97. The van der Waals surface area contributed by atoms with E-state index in [2.05, 4.69) is 10.4 Å². The Balaban J connectivity index is 0.000000605. The van der Waals surface area contributed by atoms with Gasteiger partial charge in [-0.15, -0.1) is 23.7 Å². The molecule has 0 aromatic carbocycles. The summed E-state index contributed by atoms with van der Waals surface area (Å²) in [7, 11) is 0. The maximum absolute atomic E-state index is 5.65. The summed E-state index contributed by atoms with van der Waals surface area (Å²) in [6.45, 7) is 0.860. The molecule has 0 saturated carbocycles. The smallest absolute Gasteiger partial charge is 0.126 e. The first kappa shape index (κ1) is 8.56. The van der Waals surface area contributed by atoms with Crippen molar-refractivity contribution < 1.29 is 0 Å². The average molecular weight is 189 g/mol. The van der Waals surface area contributed by atoms with Gasteiger partial charge in [-0.3, -0.25) is 4.99 Å². The van der Waals surface area contributed by atoms with E-state index in [1.807, 2.05) is 6.07 Å². The van der Waals surface area contributed by atoms with E-state index in [4.69, 9.17) is 5.73 Å². The topological polar surface area (TPSA) is 38.4 Å². The molecule has 0 spiro atoms. The molecule has 11 heavy (non-hydrogen) atoms. The van der Waals surface area contributed by atoms with Crippen molar-refractivity contribution in [1.82, 2.24) is 0 Å². The van der Waals surface area contributed by atoms with Gasteiger partial charge >= 0.3 is 0 Å². The third-order valence-electron chi connectivity index (χ3n) is 1.64. The van der Waals surface area contributed by atoms with Gasteiger partial charge in [0, 0.05) is 23.4 Å². The quantitative estimate of drug-likeness (QED) is 0.658. The molecule has 2 N–H and O–H groups in total. The number of amidine groups is 1. The van der Waals surface area contributed by atoms with Crippen LogP contribution in [0.2, 0.25) is 0 Å². The summed E-state index contributed by atoms with van der Waals surface area (Å²) < 4.78 is 0. The number of halogens is 1. The van der Waals surface area contributed by atoms with Crippen LogP contribution >= 0.6 is 23.7 Å². The van der Waals surface area contributed by atoms with E-state index < -0.39 is 0 Å². The first-order valence-electron chi connectivity index (χ1n) is 3.24. The molecule has 1 aromatic heterocycles. The Hall–Kier alpha value is -0.540. The Morgan fingerprint density at radius 2 is 2.36 bits per heavy atom.